The first-order chi connectivity index (χ1) is 14.3. The van der Waals surface area contributed by atoms with Gasteiger partial charge < -0.3 is 9.47 Å². The van der Waals surface area contributed by atoms with E-state index in [9.17, 15) is 13.2 Å². The van der Waals surface area contributed by atoms with Gasteiger partial charge in [-0.15, -0.1) is 0 Å². The van der Waals surface area contributed by atoms with E-state index in [0.29, 0.717) is 5.75 Å². The van der Waals surface area contributed by atoms with E-state index in [1.165, 1.54) is 16.4 Å². The molecule has 1 aliphatic rings. The average molecular weight is 426 g/mol. The number of nitrogens with zero attached hydrogens (tertiary/aromatic N) is 1. The fourth-order valence-electron chi connectivity index (χ4n) is 3.70. The quantitative estimate of drug-likeness (QED) is 0.469. The average Bonchev–Trinajstić information content (AvgIpc) is 2.73. The summed E-state index contributed by atoms with van der Waals surface area (Å²) in [5.74, 6) is -0.172. The minimum Gasteiger partial charge on any atom is -0.422 e. The summed E-state index contributed by atoms with van der Waals surface area (Å²) in [6, 6.07) is 19.0. The van der Waals surface area contributed by atoms with Crippen LogP contribution >= 0.6 is 0 Å². The molecule has 4 rings (SSSR count). The summed E-state index contributed by atoms with van der Waals surface area (Å²) in [5, 5.41) is 1.77. The van der Waals surface area contributed by atoms with E-state index in [-0.39, 0.29) is 35.8 Å². The summed E-state index contributed by atoms with van der Waals surface area (Å²) in [4.78, 5) is 12.8. The van der Waals surface area contributed by atoms with Crippen molar-refractivity contribution in [3.63, 3.8) is 0 Å². The molecular weight excluding hydrogens is 402 g/mol. The minimum absolute atomic E-state index is 0.0659. The van der Waals surface area contributed by atoms with Crippen LogP contribution in [0.1, 0.15) is 24.2 Å². The second-order valence-corrected chi connectivity index (χ2v) is 9.41. The van der Waals surface area contributed by atoms with E-state index in [4.69, 9.17) is 9.47 Å². The number of carbonyl (C=O) groups excluding carboxylic acids is 1. The lowest BCUT2D eigenvalue weighted by atomic mass is 10.1. The molecule has 0 saturated carbocycles. The number of sulfonamides is 1. The van der Waals surface area contributed by atoms with E-state index >= 15 is 0 Å². The molecule has 6 nitrogen and oxygen atoms in total. The summed E-state index contributed by atoms with van der Waals surface area (Å²) >= 11 is 0. The zero-order valence-corrected chi connectivity index (χ0v) is 17.6. The summed E-state index contributed by atoms with van der Waals surface area (Å²) in [5.41, 5.74) is 0.179. The van der Waals surface area contributed by atoms with Crippen molar-refractivity contribution in [1.82, 2.24) is 4.31 Å². The second-order valence-electron chi connectivity index (χ2n) is 7.47. The Labute approximate surface area is 176 Å². The predicted molar refractivity (Wildman–Crippen MR) is 114 cm³/mol. The normalized spacial score (nSPS) is 20.2. The molecule has 0 spiro atoms. The maximum absolute atomic E-state index is 13.1. The Hall–Kier alpha value is -2.74. The van der Waals surface area contributed by atoms with Crippen molar-refractivity contribution in [1.29, 1.82) is 0 Å². The van der Waals surface area contributed by atoms with E-state index in [1.54, 1.807) is 18.2 Å². The zero-order chi connectivity index (χ0) is 21.3. The zero-order valence-electron chi connectivity index (χ0n) is 16.8. The number of hydrogen-bond acceptors (Lipinski definition) is 5. The maximum Gasteiger partial charge on any atom is 0.343 e. The number of carbonyl (C=O) groups is 1. The van der Waals surface area contributed by atoms with Gasteiger partial charge in [-0.3, -0.25) is 0 Å². The topological polar surface area (TPSA) is 72.9 Å². The summed E-state index contributed by atoms with van der Waals surface area (Å²) in [6.07, 6.45) is -0.383. The van der Waals surface area contributed by atoms with Gasteiger partial charge in [-0.25, -0.2) is 13.2 Å². The molecule has 2 unspecified atom stereocenters. The van der Waals surface area contributed by atoms with Crippen molar-refractivity contribution in [3.05, 3.63) is 72.3 Å². The minimum atomic E-state index is -3.75. The molecule has 2 atom stereocenters. The van der Waals surface area contributed by atoms with Gasteiger partial charge in [0.2, 0.25) is 10.0 Å². The highest BCUT2D eigenvalue weighted by Crippen LogP contribution is 2.27. The smallest absolute Gasteiger partial charge is 0.343 e. The molecule has 0 amide bonds. The standard InChI is InChI=1S/C23H23NO5S/c1-16-14-24(15-17(2)28-16)30(26,27)20-10-5-9-19(13-20)23(25)29-22-12-6-8-18-7-3-4-11-21(18)22/h3-13,16-17H,14-15H2,1-2H3. The van der Waals surface area contributed by atoms with Gasteiger partial charge in [-0.1, -0.05) is 42.5 Å². The van der Waals surface area contributed by atoms with Gasteiger partial charge >= 0.3 is 5.97 Å². The molecule has 3 aromatic carbocycles. The Morgan fingerprint density at radius 3 is 2.40 bits per heavy atom. The third kappa shape index (κ3) is 4.09. The van der Waals surface area contributed by atoms with Gasteiger partial charge in [0.25, 0.3) is 0 Å². The van der Waals surface area contributed by atoms with Crippen molar-refractivity contribution >= 4 is 26.8 Å². The third-order valence-corrected chi connectivity index (χ3v) is 6.87. The first-order valence-electron chi connectivity index (χ1n) is 9.80. The van der Waals surface area contributed by atoms with E-state index < -0.39 is 16.0 Å². The van der Waals surface area contributed by atoms with Crippen LogP contribution < -0.4 is 4.74 Å². The van der Waals surface area contributed by atoms with Crippen LogP contribution in [-0.4, -0.2) is 44.0 Å². The summed E-state index contributed by atoms with van der Waals surface area (Å²) in [7, 11) is -3.75. The lowest BCUT2D eigenvalue weighted by Gasteiger charge is -2.34. The van der Waals surface area contributed by atoms with E-state index in [0.717, 1.165) is 10.8 Å². The van der Waals surface area contributed by atoms with E-state index in [1.807, 2.05) is 50.2 Å². The Morgan fingerprint density at radius 2 is 1.63 bits per heavy atom. The first-order valence-corrected chi connectivity index (χ1v) is 11.2. The van der Waals surface area contributed by atoms with Crippen molar-refractivity contribution in [2.45, 2.75) is 31.0 Å². The molecule has 0 bridgehead atoms. The summed E-state index contributed by atoms with van der Waals surface area (Å²) in [6.45, 7) is 4.24. The van der Waals surface area contributed by atoms with E-state index in [2.05, 4.69) is 0 Å². The van der Waals surface area contributed by atoms with Crippen LogP contribution in [0.25, 0.3) is 10.8 Å². The highest BCUT2D eigenvalue weighted by molar-refractivity contribution is 7.89. The Bertz CT molecular complexity index is 1180. The van der Waals surface area contributed by atoms with Crippen LogP contribution in [0, 0.1) is 0 Å². The molecule has 1 aliphatic heterocycles. The number of ether oxygens (including phenoxy) is 2. The number of hydrogen-bond donors (Lipinski definition) is 0. The van der Waals surface area contributed by atoms with Crippen LogP contribution in [0.15, 0.2) is 71.6 Å². The van der Waals surface area contributed by atoms with Gasteiger partial charge in [0.05, 0.1) is 22.7 Å². The van der Waals surface area contributed by atoms with Crippen LogP contribution in [0.3, 0.4) is 0 Å². The van der Waals surface area contributed by atoms with Gasteiger partial charge in [0.15, 0.2) is 0 Å². The highest BCUT2D eigenvalue weighted by atomic mass is 32.2. The molecular formula is C23H23NO5S. The number of benzene rings is 3. The van der Waals surface area contributed by atoms with Crippen molar-refractivity contribution < 1.29 is 22.7 Å². The van der Waals surface area contributed by atoms with Gasteiger partial charge in [-0.05, 0) is 43.5 Å². The van der Waals surface area contributed by atoms with Crippen molar-refractivity contribution in [2.75, 3.05) is 13.1 Å². The molecule has 0 aromatic heterocycles. The van der Waals surface area contributed by atoms with Gasteiger partial charge in [0, 0.05) is 18.5 Å². The molecule has 1 saturated heterocycles. The molecule has 30 heavy (non-hydrogen) atoms. The molecule has 0 N–H and O–H groups in total. The van der Waals surface area contributed by atoms with Crippen molar-refractivity contribution in [3.8, 4) is 5.75 Å². The Kier molecular flexibility index (Phi) is 5.60. The van der Waals surface area contributed by atoms with Crippen LogP contribution in [-0.2, 0) is 14.8 Å². The van der Waals surface area contributed by atoms with Gasteiger partial charge in [0.1, 0.15) is 5.75 Å². The molecule has 0 radical (unpaired) electrons. The second kappa shape index (κ2) is 8.18. The number of rotatable bonds is 4. The number of fused-ring (bicyclic) bond motifs is 1. The highest BCUT2D eigenvalue weighted by Gasteiger charge is 2.32. The molecule has 3 aromatic rings. The SMILES string of the molecule is CC1CN(S(=O)(=O)c2cccc(C(=O)Oc3cccc4ccccc34)c2)CC(C)O1. The van der Waals surface area contributed by atoms with Gasteiger partial charge in [-0.2, -0.15) is 4.31 Å². The Morgan fingerprint density at radius 1 is 0.967 bits per heavy atom. The van der Waals surface area contributed by atoms with Crippen LogP contribution in [0.2, 0.25) is 0 Å². The third-order valence-electron chi connectivity index (χ3n) is 5.05. The largest absolute Gasteiger partial charge is 0.422 e. The molecule has 1 heterocycles. The van der Waals surface area contributed by atoms with Crippen LogP contribution in [0.5, 0.6) is 5.75 Å². The molecule has 0 aliphatic carbocycles. The summed E-state index contributed by atoms with van der Waals surface area (Å²) < 4.78 is 38.8. The lowest BCUT2D eigenvalue weighted by molar-refractivity contribution is -0.0440. The number of morpholine rings is 1. The predicted octanol–water partition coefficient (Wildman–Crippen LogP) is 3.86. The monoisotopic (exact) mass is 425 g/mol. The Balaban J connectivity index is 1.60. The molecule has 7 heteroatoms. The lowest BCUT2D eigenvalue weighted by Crippen LogP contribution is -2.48. The number of esters is 1. The maximum atomic E-state index is 13.1. The first kappa shape index (κ1) is 20.5. The van der Waals surface area contributed by atoms with Crippen LogP contribution in [0.4, 0.5) is 0 Å². The molecule has 1 fully saturated rings. The fourth-order valence-corrected chi connectivity index (χ4v) is 5.34. The van der Waals surface area contributed by atoms with Crippen molar-refractivity contribution in [2.24, 2.45) is 0 Å². The molecule has 156 valence electrons. The fraction of sp³-hybridized carbons (Fsp3) is 0.261.